The smallest absolute Gasteiger partial charge is 0.328 e. The zero-order valence-electron chi connectivity index (χ0n) is 17.0. The predicted molar refractivity (Wildman–Crippen MR) is 116 cm³/mol. The largest absolute Gasteiger partial charge is 0.493 e. The van der Waals surface area contributed by atoms with Crippen LogP contribution in [0.5, 0.6) is 11.5 Å². The van der Waals surface area contributed by atoms with Crippen molar-refractivity contribution in [2.45, 2.75) is 12.8 Å². The normalized spacial score (nSPS) is 11.8. The van der Waals surface area contributed by atoms with Crippen LogP contribution in [0, 0.1) is 5.82 Å². The third-order valence-electron chi connectivity index (χ3n) is 4.75. The minimum atomic E-state index is -1.08. The molecule has 0 saturated heterocycles. The number of rotatable bonds is 7. The minimum absolute atomic E-state index is 0.188. The summed E-state index contributed by atoms with van der Waals surface area (Å²) in [4.78, 5) is 23.3. The Morgan fingerprint density at radius 3 is 2.39 bits per heavy atom. The maximum Gasteiger partial charge on any atom is 0.328 e. The van der Waals surface area contributed by atoms with Crippen molar-refractivity contribution in [3.63, 3.8) is 0 Å². The number of carbonyl (C=O) groups is 2. The average molecular weight is 420 g/mol. The third-order valence-corrected chi connectivity index (χ3v) is 4.75. The number of carboxylic acid groups (broad SMARTS) is 1. The number of methoxy groups -OCH3 is 1. The molecule has 3 rings (SSSR count). The van der Waals surface area contributed by atoms with Crippen LogP contribution >= 0.6 is 0 Å². The van der Waals surface area contributed by atoms with Crippen LogP contribution in [0.25, 0.3) is 17.2 Å². The molecule has 0 spiro atoms. The summed E-state index contributed by atoms with van der Waals surface area (Å²) in [7, 11) is 1.42. The summed E-state index contributed by atoms with van der Waals surface area (Å²) in [5.74, 6) is -2.31. The number of esters is 1. The van der Waals surface area contributed by atoms with Crippen LogP contribution in [-0.4, -0.2) is 24.2 Å². The first-order valence-electron chi connectivity index (χ1n) is 9.54. The Morgan fingerprint density at radius 2 is 1.74 bits per heavy atom. The van der Waals surface area contributed by atoms with Crippen molar-refractivity contribution in [2.24, 2.45) is 0 Å². The predicted octanol–water partition coefficient (Wildman–Crippen LogP) is 5.31. The summed E-state index contributed by atoms with van der Waals surface area (Å²) in [6, 6.07) is 18.5. The molecule has 3 aromatic carbocycles. The molecule has 1 unspecified atom stereocenters. The van der Waals surface area contributed by atoms with Crippen molar-refractivity contribution in [3.8, 4) is 22.6 Å². The minimum Gasteiger partial charge on any atom is -0.493 e. The summed E-state index contributed by atoms with van der Waals surface area (Å²) < 4.78 is 25.4. The second-order valence-electron chi connectivity index (χ2n) is 6.83. The van der Waals surface area contributed by atoms with E-state index in [9.17, 15) is 14.0 Å². The van der Waals surface area contributed by atoms with Crippen LogP contribution in [0.1, 0.15) is 24.0 Å². The van der Waals surface area contributed by atoms with Gasteiger partial charge in [0.2, 0.25) is 0 Å². The molecule has 1 atom stereocenters. The highest BCUT2D eigenvalue weighted by Crippen LogP contribution is 2.31. The lowest BCUT2D eigenvalue weighted by Crippen LogP contribution is -2.17. The first kappa shape index (κ1) is 21.8. The van der Waals surface area contributed by atoms with E-state index in [1.165, 1.54) is 25.3 Å². The Balaban J connectivity index is 1.77. The fraction of sp³-hybridized carbons (Fsp3) is 0.120. The van der Waals surface area contributed by atoms with Crippen LogP contribution in [-0.2, 0) is 9.59 Å². The Hall–Kier alpha value is -3.93. The first-order valence-corrected chi connectivity index (χ1v) is 9.54. The number of hydrogen-bond acceptors (Lipinski definition) is 4. The Labute approximate surface area is 179 Å². The molecule has 0 saturated carbocycles. The van der Waals surface area contributed by atoms with Crippen LogP contribution in [0.4, 0.5) is 4.39 Å². The van der Waals surface area contributed by atoms with E-state index in [1.54, 1.807) is 31.2 Å². The maximum atomic E-state index is 14.7. The molecule has 0 bridgehead atoms. The quantitative estimate of drug-likeness (QED) is 0.319. The lowest BCUT2D eigenvalue weighted by atomic mass is 9.97. The molecule has 0 aliphatic rings. The van der Waals surface area contributed by atoms with Crippen LogP contribution < -0.4 is 9.47 Å². The molecular formula is C25H21FO5. The molecule has 0 aliphatic heterocycles. The molecule has 0 aromatic heterocycles. The molecular weight excluding hydrogens is 399 g/mol. The van der Waals surface area contributed by atoms with Gasteiger partial charge in [-0.05, 0) is 47.9 Å². The highest BCUT2D eigenvalue weighted by atomic mass is 19.1. The molecule has 0 aliphatic carbocycles. The molecule has 0 radical (unpaired) electrons. The summed E-state index contributed by atoms with van der Waals surface area (Å²) in [6.45, 7) is 1.63. The van der Waals surface area contributed by atoms with E-state index >= 15 is 0 Å². The van der Waals surface area contributed by atoms with E-state index in [4.69, 9.17) is 14.6 Å². The van der Waals surface area contributed by atoms with Crippen molar-refractivity contribution in [1.29, 1.82) is 0 Å². The van der Waals surface area contributed by atoms with Gasteiger partial charge in [-0.25, -0.2) is 9.18 Å². The van der Waals surface area contributed by atoms with Crippen LogP contribution in [0.15, 0.2) is 72.8 Å². The molecule has 0 amide bonds. The number of carboxylic acids is 1. The van der Waals surface area contributed by atoms with Gasteiger partial charge in [-0.2, -0.15) is 0 Å². The van der Waals surface area contributed by atoms with Crippen molar-refractivity contribution in [3.05, 3.63) is 89.8 Å². The molecule has 1 N–H and O–H groups in total. The fourth-order valence-electron chi connectivity index (χ4n) is 3.03. The fourth-order valence-corrected chi connectivity index (χ4v) is 3.03. The Morgan fingerprint density at radius 1 is 1.00 bits per heavy atom. The van der Waals surface area contributed by atoms with Crippen molar-refractivity contribution in [1.82, 2.24) is 0 Å². The molecule has 3 aromatic rings. The topological polar surface area (TPSA) is 72.8 Å². The lowest BCUT2D eigenvalue weighted by Gasteiger charge is -2.15. The number of ether oxygens (including phenoxy) is 2. The number of aliphatic carboxylic acids is 1. The number of hydrogen-bond donors (Lipinski definition) is 1. The maximum absolute atomic E-state index is 14.7. The average Bonchev–Trinajstić information content (AvgIpc) is 2.78. The van der Waals surface area contributed by atoms with Crippen LogP contribution in [0.2, 0.25) is 0 Å². The van der Waals surface area contributed by atoms with Crippen LogP contribution in [0.3, 0.4) is 0 Å². The zero-order valence-corrected chi connectivity index (χ0v) is 17.0. The van der Waals surface area contributed by atoms with Gasteiger partial charge in [-0.3, -0.25) is 4.79 Å². The highest BCUT2D eigenvalue weighted by molar-refractivity contribution is 5.85. The molecule has 31 heavy (non-hydrogen) atoms. The standard InChI is InChI=1S/C25H21FO5/c1-16(19-10-11-20(21(26)15-19)18-6-4-3-5-7-18)25(29)31-22-12-8-17(9-13-24(27)28)14-23(22)30-2/h3-16H,1-2H3,(H,27,28)/b13-9+. The van der Waals surface area contributed by atoms with Gasteiger partial charge in [0, 0.05) is 11.6 Å². The molecule has 0 fully saturated rings. The highest BCUT2D eigenvalue weighted by Gasteiger charge is 2.21. The monoisotopic (exact) mass is 420 g/mol. The van der Waals surface area contributed by atoms with Gasteiger partial charge in [0.25, 0.3) is 0 Å². The summed E-state index contributed by atoms with van der Waals surface area (Å²) >= 11 is 0. The zero-order chi connectivity index (χ0) is 22.4. The Bertz CT molecular complexity index is 1120. The molecule has 6 heteroatoms. The van der Waals surface area contributed by atoms with Gasteiger partial charge in [0.15, 0.2) is 11.5 Å². The molecule has 5 nitrogen and oxygen atoms in total. The van der Waals surface area contributed by atoms with E-state index in [1.807, 2.05) is 30.3 Å². The van der Waals surface area contributed by atoms with Gasteiger partial charge < -0.3 is 14.6 Å². The summed E-state index contributed by atoms with van der Waals surface area (Å²) in [6.07, 6.45) is 2.40. The van der Waals surface area contributed by atoms with Gasteiger partial charge in [0.05, 0.1) is 13.0 Å². The van der Waals surface area contributed by atoms with Crippen molar-refractivity contribution in [2.75, 3.05) is 7.11 Å². The number of carbonyl (C=O) groups excluding carboxylic acids is 1. The van der Waals surface area contributed by atoms with Gasteiger partial charge >= 0.3 is 11.9 Å². The third kappa shape index (κ3) is 5.36. The first-order chi connectivity index (χ1) is 14.9. The van der Waals surface area contributed by atoms with E-state index in [0.29, 0.717) is 16.7 Å². The lowest BCUT2D eigenvalue weighted by molar-refractivity contribution is -0.136. The van der Waals surface area contributed by atoms with Gasteiger partial charge in [-0.1, -0.05) is 48.5 Å². The summed E-state index contributed by atoms with van der Waals surface area (Å²) in [5.41, 5.74) is 2.27. The van der Waals surface area contributed by atoms with Crippen molar-refractivity contribution >= 4 is 18.0 Å². The number of halogens is 1. The Kier molecular flexibility index (Phi) is 6.82. The van der Waals surface area contributed by atoms with Gasteiger partial charge in [-0.15, -0.1) is 0 Å². The van der Waals surface area contributed by atoms with E-state index in [0.717, 1.165) is 11.6 Å². The second-order valence-corrected chi connectivity index (χ2v) is 6.83. The number of benzene rings is 3. The van der Waals surface area contributed by atoms with E-state index in [-0.39, 0.29) is 11.5 Å². The van der Waals surface area contributed by atoms with Crippen molar-refractivity contribution < 1.29 is 28.6 Å². The SMILES string of the molecule is COc1cc(/C=C/C(=O)O)ccc1OC(=O)C(C)c1ccc(-c2ccccc2)c(F)c1. The molecule has 0 heterocycles. The summed E-state index contributed by atoms with van der Waals surface area (Å²) in [5, 5.41) is 8.73. The second kappa shape index (κ2) is 9.71. The van der Waals surface area contributed by atoms with E-state index in [2.05, 4.69) is 0 Å². The molecule has 158 valence electrons. The van der Waals surface area contributed by atoms with E-state index < -0.39 is 23.7 Å². The van der Waals surface area contributed by atoms with Gasteiger partial charge in [0.1, 0.15) is 5.82 Å².